The number of carboxylic acid groups (broad SMARTS) is 1. The van der Waals surface area contributed by atoms with Gasteiger partial charge in [-0.2, -0.15) is 20.4 Å². The molecule has 1 saturated carbocycles. The minimum Gasteiger partial charge on any atom is -0.489 e. The van der Waals surface area contributed by atoms with Crippen molar-refractivity contribution < 1.29 is 48.5 Å². The van der Waals surface area contributed by atoms with E-state index in [-0.39, 0.29) is 42.0 Å². The third kappa shape index (κ3) is 15.5. The van der Waals surface area contributed by atoms with Gasteiger partial charge in [0.05, 0.1) is 70.6 Å². The van der Waals surface area contributed by atoms with Gasteiger partial charge < -0.3 is 29.9 Å². The van der Waals surface area contributed by atoms with Gasteiger partial charge in [0.2, 0.25) is 5.78 Å². The third-order valence-corrected chi connectivity index (χ3v) is 15.2. The number of ketones is 3. The number of rotatable bonds is 18. The van der Waals surface area contributed by atoms with E-state index in [9.17, 15) is 33.9 Å². The number of aliphatic hydroxyl groups excluding tert-OH is 1. The number of Topliss-reactive ketones (excluding diaryl/α,β-unsaturated/α-hetero) is 3. The summed E-state index contributed by atoms with van der Waals surface area (Å²) in [6.45, 7) is 20.5. The number of carbonyl (C=O) groups is 6. The molecule has 2 aliphatic rings. The molecule has 1 aliphatic heterocycles. The van der Waals surface area contributed by atoms with Gasteiger partial charge in [0.25, 0.3) is 17.5 Å². The van der Waals surface area contributed by atoms with E-state index in [2.05, 4.69) is 72.5 Å². The fourth-order valence-electron chi connectivity index (χ4n) is 9.92. The SMILES string of the molecule is CC(C)n1ncc2cc(Br)ccc21.CC(C)n1ncc2cc(C(=O)C(=O)N[C@H](CN3CCCC3)[C@H](O)c3ccc(OC4CC4)c(Cl)c3)ccc21.CC(C)n1ncc2cc(C(=O)C(=O)O)ccc21.CCOC(=O)C(=O)c1ccc2c(cnn2C(C)C)c1. The van der Waals surface area contributed by atoms with Crippen LogP contribution in [-0.4, -0.2) is 128 Å². The molecule has 1 amide bonds. The minimum absolute atomic E-state index is 0.174. The number of halogens is 2. The summed E-state index contributed by atoms with van der Waals surface area (Å²) in [5.41, 5.74) is 5.28. The Morgan fingerprint density at radius 1 is 0.605 bits per heavy atom. The lowest BCUT2D eigenvalue weighted by atomic mass is 10.0. The highest BCUT2D eigenvalue weighted by atomic mass is 79.9. The lowest BCUT2D eigenvalue weighted by Gasteiger charge is -2.28. The van der Waals surface area contributed by atoms with Crippen LogP contribution in [0.3, 0.4) is 0 Å². The van der Waals surface area contributed by atoms with Crippen molar-refractivity contribution in [3.63, 3.8) is 0 Å². The Morgan fingerprint density at radius 2 is 1.03 bits per heavy atom. The van der Waals surface area contributed by atoms with Gasteiger partial charge in [-0.05, 0) is 192 Å². The maximum Gasteiger partial charge on any atom is 0.379 e. The second kappa shape index (κ2) is 28.4. The van der Waals surface area contributed by atoms with Crippen LogP contribution >= 0.6 is 27.5 Å². The number of esters is 1. The molecule has 2 atom stereocenters. The Bertz CT molecular complexity index is 3930. The summed E-state index contributed by atoms with van der Waals surface area (Å²) in [5, 5.41) is 43.9. The number of amides is 1. The van der Waals surface area contributed by atoms with Crippen LogP contribution in [0.1, 0.15) is 155 Å². The first-order valence-corrected chi connectivity index (χ1v) is 30.0. The highest BCUT2D eigenvalue weighted by molar-refractivity contribution is 9.10. The van der Waals surface area contributed by atoms with Crippen LogP contribution in [0.15, 0.2) is 120 Å². The van der Waals surface area contributed by atoms with Gasteiger partial charge in [-0.25, -0.2) is 9.59 Å². The summed E-state index contributed by atoms with van der Waals surface area (Å²) >= 11 is 9.87. The largest absolute Gasteiger partial charge is 0.489 e. The smallest absolute Gasteiger partial charge is 0.379 e. The highest BCUT2D eigenvalue weighted by Gasteiger charge is 2.31. The monoisotopic (exact) mass is 1250 g/mol. The maximum absolute atomic E-state index is 13.1. The number of likely N-dealkylation sites (tertiary alicyclic amines) is 1. The Labute approximate surface area is 511 Å². The van der Waals surface area contributed by atoms with Crippen LogP contribution in [0.5, 0.6) is 5.75 Å². The fraction of sp³-hybridized carbons (Fsp3) is 0.375. The average molecular weight is 1260 g/mol. The van der Waals surface area contributed by atoms with Gasteiger partial charge in [-0.1, -0.05) is 33.6 Å². The molecule has 5 heterocycles. The number of aliphatic hydroxyl groups is 1. The van der Waals surface area contributed by atoms with Gasteiger partial charge in [0.15, 0.2) is 0 Å². The van der Waals surface area contributed by atoms with Crippen LogP contribution in [0.25, 0.3) is 43.6 Å². The molecule has 452 valence electrons. The number of fused-ring (bicyclic) bond motifs is 4. The van der Waals surface area contributed by atoms with Gasteiger partial charge in [-0.3, -0.25) is 37.9 Å². The standard InChI is InChI=1S/C28H33ClN4O4.C14H16N2O3.C12H12N2O3.C10H11BrN2/c1-17(2)33-24-9-5-18(13-20(24)15-30-33)27(35)28(36)31-23(16-32-11-3-4-12-32)26(34)19-6-10-25(22(29)14-19)37-21-7-8-21;1-4-19-14(18)13(17)10-5-6-12-11(7-10)8-15-16(12)9(2)3;1-7(2)14-10-4-3-8(11(15)12(16)17)5-9(10)6-13-14;1-7(2)13-10-4-3-9(11)5-8(10)6-12-13/h5-6,9-10,13-15,17,21,23,26,34H,3-4,7-8,11-12,16H2,1-2H3,(H,31,36);5-9H,4H2,1-3H3;3-7H,1-2H3,(H,16,17);3-7H,1-2H3/t23-,26-;;;/m1.../s1. The summed E-state index contributed by atoms with van der Waals surface area (Å²) < 4.78 is 19.2. The predicted molar refractivity (Wildman–Crippen MR) is 333 cm³/mol. The zero-order valence-corrected chi connectivity index (χ0v) is 52.0. The third-order valence-electron chi connectivity index (χ3n) is 14.4. The Balaban J connectivity index is 0.000000164. The topological polar surface area (TPSA) is 248 Å². The summed E-state index contributed by atoms with van der Waals surface area (Å²) in [5.74, 6) is -4.60. The molecule has 0 radical (unpaired) electrons. The zero-order chi connectivity index (χ0) is 62.1. The van der Waals surface area contributed by atoms with E-state index < -0.39 is 47.3 Å². The number of ether oxygens (including phenoxy) is 2. The first kappa shape index (κ1) is 63.9. The second-order valence-corrected chi connectivity index (χ2v) is 23.6. The van der Waals surface area contributed by atoms with Crippen LogP contribution in [-0.2, 0) is 19.1 Å². The van der Waals surface area contributed by atoms with Crippen molar-refractivity contribution in [3.05, 3.63) is 148 Å². The zero-order valence-electron chi connectivity index (χ0n) is 49.6. The molecule has 1 saturated heterocycles. The lowest BCUT2D eigenvalue weighted by Crippen LogP contribution is -2.48. The Kier molecular flexibility index (Phi) is 21.1. The number of aliphatic carboxylic acids is 1. The molecule has 11 rings (SSSR count). The van der Waals surface area contributed by atoms with Crippen molar-refractivity contribution in [1.82, 2.24) is 49.3 Å². The number of carbonyl (C=O) groups excluding carboxylic acids is 5. The molecule has 0 spiro atoms. The van der Waals surface area contributed by atoms with E-state index in [1.807, 2.05) is 78.6 Å². The van der Waals surface area contributed by atoms with Gasteiger partial charge in [-0.15, -0.1) is 0 Å². The highest BCUT2D eigenvalue weighted by Crippen LogP contribution is 2.35. The van der Waals surface area contributed by atoms with Gasteiger partial charge in [0, 0.05) is 73.4 Å². The van der Waals surface area contributed by atoms with Crippen molar-refractivity contribution in [3.8, 4) is 5.75 Å². The van der Waals surface area contributed by atoms with E-state index >= 15 is 0 Å². The van der Waals surface area contributed by atoms with Crippen molar-refractivity contribution in [2.75, 3.05) is 26.2 Å². The van der Waals surface area contributed by atoms with Crippen molar-refractivity contribution in [2.45, 2.75) is 130 Å². The number of aromatic nitrogens is 8. The number of benzene rings is 5. The van der Waals surface area contributed by atoms with Crippen molar-refractivity contribution >= 4 is 106 Å². The van der Waals surface area contributed by atoms with Crippen molar-refractivity contribution in [1.29, 1.82) is 0 Å². The average Bonchev–Trinajstić information content (AvgIpc) is 2.22. The molecular weight excluding hydrogens is 1180 g/mol. The maximum atomic E-state index is 13.1. The molecule has 4 aromatic heterocycles. The Hall–Kier alpha value is -8.11. The number of hydrogen-bond acceptors (Lipinski definition) is 14. The lowest BCUT2D eigenvalue weighted by molar-refractivity contribution is -0.137. The molecule has 20 nitrogen and oxygen atoms in total. The predicted octanol–water partition coefficient (Wildman–Crippen LogP) is 11.9. The normalized spacial score (nSPS) is 14.0. The van der Waals surface area contributed by atoms with E-state index in [1.54, 1.807) is 86.2 Å². The molecule has 0 bridgehead atoms. The van der Waals surface area contributed by atoms with E-state index in [1.165, 1.54) is 17.0 Å². The van der Waals surface area contributed by atoms with Gasteiger partial charge in [0.1, 0.15) is 11.9 Å². The number of hydrogen-bond donors (Lipinski definition) is 3. The molecule has 2 fully saturated rings. The summed E-state index contributed by atoms with van der Waals surface area (Å²) in [6.07, 6.45) is 10.3. The summed E-state index contributed by atoms with van der Waals surface area (Å²) in [6, 6.07) is 26.8. The van der Waals surface area contributed by atoms with Crippen LogP contribution in [0.2, 0.25) is 5.02 Å². The molecular formula is C64H72BrClN10O10. The minimum atomic E-state index is -1.44. The quantitative estimate of drug-likeness (QED) is 0.0411. The van der Waals surface area contributed by atoms with Crippen molar-refractivity contribution in [2.24, 2.45) is 0 Å². The van der Waals surface area contributed by atoms with E-state index in [4.69, 9.17) is 26.2 Å². The second-order valence-electron chi connectivity index (χ2n) is 22.3. The number of nitrogens with zero attached hydrogens (tertiary/aromatic N) is 9. The molecule has 0 unspecified atom stereocenters. The summed E-state index contributed by atoms with van der Waals surface area (Å²) in [4.78, 5) is 73.5. The molecule has 22 heteroatoms. The molecule has 1 aliphatic carbocycles. The molecule has 86 heavy (non-hydrogen) atoms. The van der Waals surface area contributed by atoms with E-state index in [0.29, 0.717) is 34.5 Å². The molecule has 3 N–H and O–H groups in total. The van der Waals surface area contributed by atoms with Crippen LogP contribution < -0.4 is 10.1 Å². The van der Waals surface area contributed by atoms with Crippen LogP contribution in [0, 0.1) is 0 Å². The van der Waals surface area contributed by atoms with E-state index in [0.717, 1.165) is 76.0 Å². The number of nitrogens with one attached hydrogen (secondary N) is 1. The first-order chi connectivity index (χ1) is 41.0. The van der Waals surface area contributed by atoms with Crippen LogP contribution in [0.4, 0.5) is 0 Å². The first-order valence-electron chi connectivity index (χ1n) is 28.8. The number of carboxylic acids is 1. The molecule has 5 aromatic carbocycles. The fourth-order valence-corrected chi connectivity index (χ4v) is 10.5. The summed E-state index contributed by atoms with van der Waals surface area (Å²) in [7, 11) is 0. The van der Waals surface area contributed by atoms with Gasteiger partial charge >= 0.3 is 11.9 Å². The Morgan fingerprint density at radius 3 is 1.45 bits per heavy atom. The molecule has 9 aromatic rings.